The van der Waals surface area contributed by atoms with Gasteiger partial charge in [0.1, 0.15) is 5.75 Å². The van der Waals surface area contributed by atoms with Crippen LogP contribution in [-0.4, -0.2) is 34.3 Å². The molecule has 1 aliphatic heterocycles. The molecule has 2 aromatic heterocycles. The summed E-state index contributed by atoms with van der Waals surface area (Å²) in [4.78, 5) is 8.66. The number of rotatable bonds is 3. The van der Waals surface area contributed by atoms with E-state index in [1.807, 2.05) is 0 Å². The Hall–Kier alpha value is -2.81. The molecular formula is C19H18F3N3O3. The number of aryl methyl sites for hydroxylation is 1. The molecule has 1 aromatic carbocycles. The second-order valence-corrected chi connectivity index (χ2v) is 6.78. The number of aromatic nitrogens is 2. The summed E-state index contributed by atoms with van der Waals surface area (Å²) in [6.07, 6.45) is -2.64. The minimum Gasteiger partial charge on any atom is -0.507 e. The Labute approximate surface area is 158 Å². The molecule has 9 heteroatoms. The molecular weight excluding hydrogens is 375 g/mol. The van der Waals surface area contributed by atoms with Crippen molar-refractivity contribution in [3.8, 4) is 17.0 Å². The third kappa shape index (κ3) is 3.62. The molecule has 0 amide bonds. The van der Waals surface area contributed by atoms with E-state index in [4.69, 9.17) is 9.15 Å². The molecule has 1 aliphatic rings. The minimum absolute atomic E-state index is 0.0995. The zero-order valence-electron chi connectivity index (χ0n) is 15.0. The van der Waals surface area contributed by atoms with E-state index in [2.05, 4.69) is 15.3 Å². The largest absolute Gasteiger partial charge is 0.507 e. The first kappa shape index (κ1) is 18.5. The van der Waals surface area contributed by atoms with E-state index in [9.17, 15) is 18.3 Å². The van der Waals surface area contributed by atoms with E-state index < -0.39 is 17.5 Å². The fourth-order valence-electron chi connectivity index (χ4n) is 3.31. The van der Waals surface area contributed by atoms with E-state index in [1.165, 1.54) is 6.92 Å². The summed E-state index contributed by atoms with van der Waals surface area (Å²) in [6.45, 7) is 2.80. The van der Waals surface area contributed by atoms with Crippen molar-refractivity contribution in [2.24, 2.45) is 0 Å². The number of phenolic OH excluding ortho intramolecular Hbond substituents is 1. The lowest BCUT2D eigenvalue weighted by Gasteiger charge is -2.21. The number of nitrogens with zero attached hydrogens (tertiary/aromatic N) is 2. The Morgan fingerprint density at radius 3 is 2.71 bits per heavy atom. The average Bonchev–Trinajstić information content (AvgIpc) is 3.02. The van der Waals surface area contributed by atoms with Gasteiger partial charge >= 0.3 is 6.18 Å². The normalized spacial score (nSPS) is 17.8. The number of benzene rings is 1. The predicted octanol–water partition coefficient (Wildman–Crippen LogP) is 4.51. The number of halogens is 3. The molecule has 148 valence electrons. The highest BCUT2D eigenvalue weighted by molar-refractivity contribution is 5.78. The van der Waals surface area contributed by atoms with Gasteiger partial charge in [-0.05, 0) is 49.6 Å². The van der Waals surface area contributed by atoms with Crippen LogP contribution in [0.4, 0.5) is 19.2 Å². The monoisotopic (exact) mass is 393 g/mol. The van der Waals surface area contributed by atoms with E-state index in [1.54, 1.807) is 12.1 Å². The first-order chi connectivity index (χ1) is 13.3. The van der Waals surface area contributed by atoms with Gasteiger partial charge in [0.25, 0.3) is 6.01 Å². The summed E-state index contributed by atoms with van der Waals surface area (Å²) in [5.74, 6) is -0.486. The number of pyridine rings is 1. The molecule has 6 nitrogen and oxygen atoms in total. The maximum absolute atomic E-state index is 12.9. The second kappa shape index (κ2) is 6.97. The average molecular weight is 393 g/mol. The molecule has 0 spiro atoms. The van der Waals surface area contributed by atoms with E-state index in [0.29, 0.717) is 35.6 Å². The number of hydrogen-bond donors (Lipinski definition) is 2. The molecule has 0 unspecified atom stereocenters. The summed E-state index contributed by atoms with van der Waals surface area (Å²) in [5.41, 5.74) is 0.642. The van der Waals surface area contributed by atoms with Crippen molar-refractivity contribution in [2.45, 2.75) is 32.0 Å². The van der Waals surface area contributed by atoms with Crippen molar-refractivity contribution in [2.75, 3.05) is 18.5 Å². The molecule has 1 fully saturated rings. The molecule has 0 radical (unpaired) electrons. The SMILES string of the molecule is Cc1cc(C(F)(F)F)cc(O)c1-c1ccc2oc(N[C@@H]3CCCOC3)nc2n1. The summed E-state index contributed by atoms with van der Waals surface area (Å²) >= 11 is 0. The fraction of sp³-hybridized carbons (Fsp3) is 0.368. The standard InChI is InChI=1S/C19H18F3N3O3/c1-10-7-11(19(20,21)22)8-14(26)16(10)13-4-5-15-17(24-13)25-18(28-15)23-12-3-2-6-27-9-12/h4-5,7-8,12,26H,2-3,6,9H2,1H3,(H,23,24,25)/t12-/m1/s1. The topological polar surface area (TPSA) is 80.4 Å². The summed E-state index contributed by atoms with van der Waals surface area (Å²) in [5, 5.41) is 13.3. The van der Waals surface area contributed by atoms with Crippen molar-refractivity contribution in [3.63, 3.8) is 0 Å². The van der Waals surface area contributed by atoms with Gasteiger partial charge in [-0.25, -0.2) is 4.98 Å². The van der Waals surface area contributed by atoms with Crippen LogP contribution in [0, 0.1) is 6.92 Å². The third-order valence-corrected chi connectivity index (χ3v) is 4.64. The van der Waals surface area contributed by atoms with Crippen molar-refractivity contribution in [1.29, 1.82) is 0 Å². The second-order valence-electron chi connectivity index (χ2n) is 6.78. The predicted molar refractivity (Wildman–Crippen MR) is 96.1 cm³/mol. The van der Waals surface area contributed by atoms with Crippen LogP contribution >= 0.6 is 0 Å². The van der Waals surface area contributed by atoms with Gasteiger partial charge in [0.2, 0.25) is 5.65 Å². The van der Waals surface area contributed by atoms with Crippen LogP contribution in [0.5, 0.6) is 5.75 Å². The van der Waals surface area contributed by atoms with Crippen LogP contribution in [0.1, 0.15) is 24.0 Å². The Morgan fingerprint density at radius 2 is 2.04 bits per heavy atom. The molecule has 2 N–H and O–H groups in total. The van der Waals surface area contributed by atoms with Crippen molar-refractivity contribution in [1.82, 2.24) is 9.97 Å². The molecule has 0 bridgehead atoms. The molecule has 3 heterocycles. The number of ether oxygens (including phenoxy) is 1. The quantitative estimate of drug-likeness (QED) is 0.681. The highest BCUT2D eigenvalue weighted by atomic mass is 19.4. The number of phenols is 1. The molecule has 0 aliphatic carbocycles. The van der Waals surface area contributed by atoms with E-state index >= 15 is 0 Å². The Kier molecular flexibility index (Phi) is 4.62. The van der Waals surface area contributed by atoms with Gasteiger partial charge in [0, 0.05) is 12.2 Å². The Morgan fingerprint density at radius 1 is 1.21 bits per heavy atom. The Balaban J connectivity index is 1.66. The lowest BCUT2D eigenvalue weighted by atomic mass is 10.0. The number of fused-ring (bicyclic) bond motifs is 1. The van der Waals surface area contributed by atoms with Gasteiger partial charge in [-0.2, -0.15) is 18.2 Å². The van der Waals surface area contributed by atoms with Gasteiger partial charge in [-0.3, -0.25) is 0 Å². The molecule has 28 heavy (non-hydrogen) atoms. The van der Waals surface area contributed by atoms with Crippen LogP contribution in [0.15, 0.2) is 28.7 Å². The van der Waals surface area contributed by atoms with Crippen LogP contribution in [0.3, 0.4) is 0 Å². The minimum atomic E-state index is -4.53. The van der Waals surface area contributed by atoms with Crippen molar-refractivity contribution in [3.05, 3.63) is 35.4 Å². The van der Waals surface area contributed by atoms with Gasteiger partial charge in [0.15, 0.2) is 5.58 Å². The smallest absolute Gasteiger partial charge is 0.416 e. The number of oxazole rings is 1. The summed E-state index contributed by atoms with van der Waals surface area (Å²) in [6, 6.07) is 5.30. The van der Waals surface area contributed by atoms with Crippen molar-refractivity contribution >= 4 is 17.2 Å². The zero-order valence-corrected chi connectivity index (χ0v) is 15.0. The lowest BCUT2D eigenvalue weighted by molar-refractivity contribution is -0.137. The van der Waals surface area contributed by atoms with Gasteiger partial charge in [-0.1, -0.05) is 0 Å². The number of hydrogen-bond acceptors (Lipinski definition) is 6. The number of nitrogens with one attached hydrogen (secondary N) is 1. The van der Waals surface area contributed by atoms with E-state index in [0.717, 1.165) is 25.5 Å². The number of anilines is 1. The molecule has 3 aromatic rings. The molecule has 0 saturated carbocycles. The third-order valence-electron chi connectivity index (χ3n) is 4.64. The first-order valence-corrected chi connectivity index (χ1v) is 8.84. The van der Waals surface area contributed by atoms with Gasteiger partial charge < -0.3 is 19.6 Å². The van der Waals surface area contributed by atoms with Crippen LogP contribution in [0.25, 0.3) is 22.5 Å². The molecule has 1 atom stereocenters. The lowest BCUT2D eigenvalue weighted by Crippen LogP contribution is -2.30. The highest BCUT2D eigenvalue weighted by Crippen LogP contribution is 2.38. The van der Waals surface area contributed by atoms with Gasteiger partial charge in [-0.15, -0.1) is 0 Å². The first-order valence-electron chi connectivity index (χ1n) is 8.84. The number of aromatic hydroxyl groups is 1. The molecule has 1 saturated heterocycles. The number of alkyl halides is 3. The van der Waals surface area contributed by atoms with Gasteiger partial charge in [0.05, 0.1) is 23.9 Å². The van der Waals surface area contributed by atoms with Crippen LogP contribution in [0.2, 0.25) is 0 Å². The maximum atomic E-state index is 12.9. The fourth-order valence-corrected chi connectivity index (χ4v) is 3.31. The van der Waals surface area contributed by atoms with Crippen LogP contribution in [-0.2, 0) is 10.9 Å². The summed E-state index contributed by atoms with van der Waals surface area (Å²) < 4.78 is 49.8. The Bertz CT molecular complexity index is 988. The maximum Gasteiger partial charge on any atom is 0.416 e. The summed E-state index contributed by atoms with van der Waals surface area (Å²) in [7, 11) is 0. The zero-order chi connectivity index (χ0) is 19.9. The van der Waals surface area contributed by atoms with Crippen molar-refractivity contribution < 1.29 is 27.4 Å². The highest BCUT2D eigenvalue weighted by Gasteiger charge is 2.32. The van der Waals surface area contributed by atoms with E-state index in [-0.39, 0.29) is 17.2 Å². The molecule has 4 rings (SSSR count). The van der Waals surface area contributed by atoms with Crippen LogP contribution < -0.4 is 5.32 Å².